The maximum absolute atomic E-state index is 10.4. The Balaban J connectivity index is 2.26. The summed E-state index contributed by atoms with van der Waals surface area (Å²) in [6, 6.07) is 7.90. The number of aliphatic hydroxyl groups excluding tert-OH is 1. The van der Waals surface area contributed by atoms with Gasteiger partial charge in [0, 0.05) is 24.4 Å². The number of aryl methyl sites for hydroxylation is 2. The van der Waals surface area contributed by atoms with Crippen LogP contribution < -0.4 is 4.74 Å². The van der Waals surface area contributed by atoms with Gasteiger partial charge in [0.15, 0.2) is 0 Å². The normalized spacial score (nSPS) is 12.2. The molecule has 0 radical (unpaired) electrons. The topological polar surface area (TPSA) is 42.4 Å². The quantitative estimate of drug-likeness (QED) is 0.915. The fourth-order valence-electron chi connectivity index (χ4n) is 2.21. The second-order valence-electron chi connectivity index (χ2n) is 4.77. The van der Waals surface area contributed by atoms with Gasteiger partial charge in [-0.05, 0) is 37.1 Å². The Labute approximate surface area is 113 Å². The molecule has 0 spiro atoms. The molecule has 19 heavy (non-hydrogen) atoms. The third kappa shape index (κ3) is 3.12. The molecule has 0 aliphatic rings. The maximum atomic E-state index is 10.4. The molecule has 0 fully saturated rings. The molecule has 3 nitrogen and oxygen atoms in total. The predicted octanol–water partition coefficient (Wildman–Crippen LogP) is 2.98. The predicted molar refractivity (Wildman–Crippen MR) is 75.4 cm³/mol. The summed E-state index contributed by atoms with van der Waals surface area (Å²) in [6.45, 7) is 4.01. The van der Waals surface area contributed by atoms with Gasteiger partial charge in [-0.15, -0.1) is 0 Å². The minimum absolute atomic E-state index is 0.525. The van der Waals surface area contributed by atoms with Gasteiger partial charge in [0.05, 0.1) is 13.2 Å². The van der Waals surface area contributed by atoms with Crippen LogP contribution in [-0.2, 0) is 6.42 Å². The summed E-state index contributed by atoms with van der Waals surface area (Å²) >= 11 is 0. The Bertz CT molecular complexity index is 566. The molecular weight excluding hydrogens is 238 g/mol. The van der Waals surface area contributed by atoms with Crippen LogP contribution in [0.5, 0.6) is 5.75 Å². The molecule has 1 N–H and O–H groups in total. The Kier molecular flexibility index (Phi) is 4.17. The van der Waals surface area contributed by atoms with Crippen LogP contribution in [-0.4, -0.2) is 17.2 Å². The number of nitrogens with zero attached hydrogens (tertiary/aromatic N) is 1. The van der Waals surface area contributed by atoms with Crippen molar-refractivity contribution in [3.05, 3.63) is 58.9 Å². The van der Waals surface area contributed by atoms with E-state index in [2.05, 4.69) is 4.98 Å². The molecule has 2 aromatic rings. The second-order valence-corrected chi connectivity index (χ2v) is 4.77. The highest BCUT2D eigenvalue weighted by Crippen LogP contribution is 2.27. The van der Waals surface area contributed by atoms with E-state index in [0.29, 0.717) is 6.42 Å². The summed E-state index contributed by atoms with van der Waals surface area (Å²) in [5.41, 5.74) is 4.09. The van der Waals surface area contributed by atoms with Crippen molar-refractivity contribution < 1.29 is 9.84 Å². The first-order chi connectivity index (χ1) is 9.11. The Morgan fingerprint density at radius 2 is 2.05 bits per heavy atom. The van der Waals surface area contributed by atoms with Crippen molar-refractivity contribution in [1.29, 1.82) is 0 Å². The highest BCUT2D eigenvalue weighted by atomic mass is 16.5. The van der Waals surface area contributed by atoms with Crippen molar-refractivity contribution in [3.8, 4) is 5.75 Å². The zero-order valence-corrected chi connectivity index (χ0v) is 11.6. The van der Waals surface area contributed by atoms with Crippen LogP contribution >= 0.6 is 0 Å². The standard InChI is InChI=1S/C16H19NO2/c1-11-4-5-16(19-3)13(8-11)9-15(18)14-10-17-7-6-12(14)2/h4-8,10,15,18H,9H2,1-3H3. The fourth-order valence-corrected chi connectivity index (χ4v) is 2.21. The first-order valence-electron chi connectivity index (χ1n) is 6.34. The van der Waals surface area contributed by atoms with Crippen LogP contribution in [0.3, 0.4) is 0 Å². The summed E-state index contributed by atoms with van der Waals surface area (Å²) < 4.78 is 5.34. The fraction of sp³-hybridized carbons (Fsp3) is 0.312. The lowest BCUT2D eigenvalue weighted by Crippen LogP contribution is -2.06. The van der Waals surface area contributed by atoms with Crippen LogP contribution in [0, 0.1) is 13.8 Å². The largest absolute Gasteiger partial charge is 0.496 e. The van der Waals surface area contributed by atoms with Crippen LogP contribution in [0.1, 0.15) is 28.4 Å². The number of hydrogen-bond donors (Lipinski definition) is 1. The van der Waals surface area contributed by atoms with Gasteiger partial charge in [-0.1, -0.05) is 17.7 Å². The SMILES string of the molecule is COc1ccc(C)cc1CC(O)c1cnccc1C. The van der Waals surface area contributed by atoms with Crippen molar-refractivity contribution >= 4 is 0 Å². The molecule has 100 valence electrons. The molecule has 1 atom stereocenters. The number of rotatable bonds is 4. The molecule has 2 rings (SSSR count). The van der Waals surface area contributed by atoms with E-state index < -0.39 is 6.10 Å². The van der Waals surface area contributed by atoms with E-state index in [1.807, 2.05) is 38.1 Å². The number of hydrogen-bond acceptors (Lipinski definition) is 3. The highest BCUT2D eigenvalue weighted by molar-refractivity contribution is 5.38. The van der Waals surface area contributed by atoms with Gasteiger partial charge >= 0.3 is 0 Å². The van der Waals surface area contributed by atoms with Crippen LogP contribution in [0.25, 0.3) is 0 Å². The Morgan fingerprint density at radius 3 is 2.74 bits per heavy atom. The number of benzene rings is 1. The molecule has 1 heterocycles. The number of methoxy groups -OCH3 is 1. The summed E-state index contributed by atoms with van der Waals surface area (Å²) in [7, 11) is 1.65. The van der Waals surface area contributed by atoms with Crippen molar-refractivity contribution in [2.75, 3.05) is 7.11 Å². The molecule has 0 aliphatic heterocycles. The number of ether oxygens (including phenoxy) is 1. The molecule has 0 saturated heterocycles. The van der Waals surface area contributed by atoms with E-state index in [4.69, 9.17) is 4.74 Å². The molecule has 1 aromatic heterocycles. The molecule has 1 unspecified atom stereocenters. The smallest absolute Gasteiger partial charge is 0.122 e. The molecule has 3 heteroatoms. The van der Waals surface area contributed by atoms with Crippen LogP contribution in [0.15, 0.2) is 36.7 Å². The van der Waals surface area contributed by atoms with Crippen molar-refractivity contribution in [2.45, 2.75) is 26.4 Å². The third-order valence-corrected chi connectivity index (χ3v) is 3.29. The lowest BCUT2D eigenvalue weighted by molar-refractivity contribution is 0.176. The molecule has 0 amide bonds. The number of aliphatic hydroxyl groups is 1. The average Bonchev–Trinajstić information content (AvgIpc) is 2.39. The second kappa shape index (κ2) is 5.85. The monoisotopic (exact) mass is 257 g/mol. The third-order valence-electron chi connectivity index (χ3n) is 3.29. The van der Waals surface area contributed by atoms with E-state index in [-0.39, 0.29) is 0 Å². The lowest BCUT2D eigenvalue weighted by Gasteiger charge is -2.15. The number of aromatic nitrogens is 1. The van der Waals surface area contributed by atoms with E-state index in [1.54, 1.807) is 19.5 Å². The first-order valence-corrected chi connectivity index (χ1v) is 6.34. The van der Waals surface area contributed by atoms with E-state index in [1.165, 1.54) is 0 Å². The number of pyridine rings is 1. The minimum Gasteiger partial charge on any atom is -0.496 e. The van der Waals surface area contributed by atoms with Gasteiger partial charge < -0.3 is 9.84 Å². The van der Waals surface area contributed by atoms with Crippen LogP contribution in [0.4, 0.5) is 0 Å². The van der Waals surface area contributed by atoms with E-state index in [9.17, 15) is 5.11 Å². The maximum Gasteiger partial charge on any atom is 0.122 e. The van der Waals surface area contributed by atoms with Crippen molar-refractivity contribution in [3.63, 3.8) is 0 Å². The lowest BCUT2D eigenvalue weighted by atomic mass is 9.98. The molecule has 0 saturated carbocycles. The molecule has 0 aliphatic carbocycles. The summed E-state index contributed by atoms with van der Waals surface area (Å²) in [4.78, 5) is 4.08. The van der Waals surface area contributed by atoms with Crippen LogP contribution in [0.2, 0.25) is 0 Å². The van der Waals surface area contributed by atoms with Crippen molar-refractivity contribution in [1.82, 2.24) is 4.98 Å². The van der Waals surface area contributed by atoms with Gasteiger partial charge in [-0.3, -0.25) is 4.98 Å². The zero-order valence-electron chi connectivity index (χ0n) is 11.6. The Hall–Kier alpha value is -1.87. The molecular formula is C16H19NO2. The van der Waals surface area contributed by atoms with Gasteiger partial charge in [0.25, 0.3) is 0 Å². The van der Waals surface area contributed by atoms with E-state index in [0.717, 1.165) is 28.0 Å². The highest BCUT2D eigenvalue weighted by Gasteiger charge is 2.14. The molecule has 1 aromatic carbocycles. The minimum atomic E-state index is -0.565. The van der Waals surface area contributed by atoms with Gasteiger partial charge in [-0.2, -0.15) is 0 Å². The van der Waals surface area contributed by atoms with Gasteiger partial charge in [0.2, 0.25) is 0 Å². The average molecular weight is 257 g/mol. The van der Waals surface area contributed by atoms with Crippen molar-refractivity contribution in [2.24, 2.45) is 0 Å². The first kappa shape index (κ1) is 13.6. The summed E-state index contributed by atoms with van der Waals surface area (Å²) in [5.74, 6) is 0.811. The zero-order chi connectivity index (χ0) is 13.8. The summed E-state index contributed by atoms with van der Waals surface area (Å²) in [6.07, 6.45) is 3.42. The molecule has 0 bridgehead atoms. The Morgan fingerprint density at radius 1 is 1.26 bits per heavy atom. The van der Waals surface area contributed by atoms with Gasteiger partial charge in [-0.25, -0.2) is 0 Å². The summed E-state index contributed by atoms with van der Waals surface area (Å²) in [5, 5.41) is 10.4. The van der Waals surface area contributed by atoms with Gasteiger partial charge in [0.1, 0.15) is 5.75 Å². The van der Waals surface area contributed by atoms with E-state index >= 15 is 0 Å².